The Bertz CT molecular complexity index is 111. The number of hydrogen-bond acceptors (Lipinski definition) is 2. The molecule has 0 saturated carbocycles. The molecule has 0 radical (unpaired) electrons. The first-order valence-corrected chi connectivity index (χ1v) is 6.08. The Morgan fingerprint density at radius 2 is 1.71 bits per heavy atom. The van der Waals surface area contributed by atoms with Gasteiger partial charge in [-0.2, -0.15) is 0 Å². The van der Waals surface area contributed by atoms with Gasteiger partial charge in [0.1, 0.15) is 0 Å². The standard InChI is InChI=1S/C12H27NO/c1-4-6-11(3)13-10-12(7-5-2)8-9-14/h11-14H,4-10H2,1-3H3. The maximum absolute atomic E-state index is 8.90. The zero-order chi connectivity index (χ0) is 10.8. The average molecular weight is 201 g/mol. The number of aliphatic hydroxyl groups is 1. The van der Waals surface area contributed by atoms with Crippen LogP contribution in [0.1, 0.15) is 52.9 Å². The van der Waals surface area contributed by atoms with Gasteiger partial charge in [-0.1, -0.05) is 26.7 Å². The molecule has 0 fully saturated rings. The minimum absolute atomic E-state index is 0.328. The summed E-state index contributed by atoms with van der Waals surface area (Å²) in [5.74, 6) is 0.657. The van der Waals surface area contributed by atoms with Crippen molar-refractivity contribution in [3.8, 4) is 0 Å². The summed E-state index contributed by atoms with van der Waals surface area (Å²) in [6.07, 6.45) is 5.88. The molecule has 2 nitrogen and oxygen atoms in total. The molecule has 0 aliphatic heterocycles. The summed E-state index contributed by atoms with van der Waals surface area (Å²) in [6.45, 7) is 8.06. The van der Waals surface area contributed by atoms with E-state index in [1.54, 1.807) is 0 Å². The predicted octanol–water partition coefficient (Wildman–Crippen LogP) is 2.56. The lowest BCUT2D eigenvalue weighted by Crippen LogP contribution is -2.31. The quantitative estimate of drug-likeness (QED) is 0.601. The zero-order valence-electron chi connectivity index (χ0n) is 10.1. The fraction of sp³-hybridized carbons (Fsp3) is 1.00. The molecule has 0 amide bonds. The first-order valence-electron chi connectivity index (χ1n) is 6.08. The van der Waals surface area contributed by atoms with Crippen molar-refractivity contribution in [3.05, 3.63) is 0 Å². The monoisotopic (exact) mass is 201 g/mol. The zero-order valence-corrected chi connectivity index (χ0v) is 10.1. The topological polar surface area (TPSA) is 32.3 Å². The van der Waals surface area contributed by atoms with Crippen LogP contribution in [0.25, 0.3) is 0 Å². The highest BCUT2D eigenvalue weighted by Crippen LogP contribution is 2.10. The lowest BCUT2D eigenvalue weighted by atomic mass is 9.99. The fourth-order valence-electron chi connectivity index (χ4n) is 1.84. The van der Waals surface area contributed by atoms with Crippen LogP contribution in [-0.4, -0.2) is 24.3 Å². The number of nitrogens with one attached hydrogen (secondary N) is 1. The third-order valence-electron chi connectivity index (χ3n) is 2.71. The number of aliphatic hydroxyl groups excluding tert-OH is 1. The Morgan fingerprint density at radius 3 is 2.21 bits per heavy atom. The summed E-state index contributed by atoms with van der Waals surface area (Å²) in [6, 6.07) is 0.623. The Morgan fingerprint density at radius 1 is 1.07 bits per heavy atom. The molecule has 0 aromatic rings. The maximum atomic E-state index is 8.90. The van der Waals surface area contributed by atoms with Crippen LogP contribution < -0.4 is 5.32 Å². The lowest BCUT2D eigenvalue weighted by molar-refractivity contribution is 0.245. The Labute approximate surface area is 89.1 Å². The van der Waals surface area contributed by atoms with Crippen molar-refractivity contribution in [2.75, 3.05) is 13.2 Å². The molecule has 0 spiro atoms. The number of hydrogen-bond donors (Lipinski definition) is 2. The Hall–Kier alpha value is -0.0800. The van der Waals surface area contributed by atoms with Gasteiger partial charge >= 0.3 is 0 Å². The highest BCUT2D eigenvalue weighted by atomic mass is 16.3. The van der Waals surface area contributed by atoms with E-state index < -0.39 is 0 Å². The highest BCUT2D eigenvalue weighted by Gasteiger charge is 2.08. The number of rotatable bonds is 9. The van der Waals surface area contributed by atoms with E-state index in [4.69, 9.17) is 5.11 Å². The van der Waals surface area contributed by atoms with Gasteiger partial charge in [-0.25, -0.2) is 0 Å². The largest absolute Gasteiger partial charge is 0.396 e. The van der Waals surface area contributed by atoms with Gasteiger partial charge in [-0.05, 0) is 38.6 Å². The maximum Gasteiger partial charge on any atom is 0.0434 e. The van der Waals surface area contributed by atoms with Crippen LogP contribution in [0.15, 0.2) is 0 Å². The normalized spacial score (nSPS) is 15.4. The highest BCUT2D eigenvalue weighted by molar-refractivity contribution is 4.66. The van der Waals surface area contributed by atoms with Crippen LogP contribution in [0.5, 0.6) is 0 Å². The third-order valence-corrected chi connectivity index (χ3v) is 2.71. The summed E-state index contributed by atoms with van der Waals surface area (Å²) >= 11 is 0. The van der Waals surface area contributed by atoms with Crippen LogP contribution >= 0.6 is 0 Å². The van der Waals surface area contributed by atoms with E-state index in [1.807, 2.05) is 0 Å². The van der Waals surface area contributed by atoms with Crippen molar-refractivity contribution in [2.45, 2.75) is 58.9 Å². The summed E-state index contributed by atoms with van der Waals surface area (Å²) in [5, 5.41) is 12.4. The molecule has 0 saturated heterocycles. The average Bonchev–Trinajstić information content (AvgIpc) is 2.15. The van der Waals surface area contributed by atoms with E-state index in [0.29, 0.717) is 18.6 Å². The van der Waals surface area contributed by atoms with Gasteiger partial charge in [0.2, 0.25) is 0 Å². The first-order chi connectivity index (χ1) is 6.74. The molecule has 0 aromatic carbocycles. The molecule has 0 bridgehead atoms. The molecule has 0 rings (SSSR count). The molecule has 2 N–H and O–H groups in total. The first kappa shape index (κ1) is 13.9. The van der Waals surface area contributed by atoms with Crippen LogP contribution in [0, 0.1) is 5.92 Å². The third kappa shape index (κ3) is 7.34. The molecule has 2 unspecified atom stereocenters. The molecule has 0 heterocycles. The summed E-state index contributed by atoms with van der Waals surface area (Å²) in [7, 11) is 0. The van der Waals surface area contributed by atoms with Gasteiger partial charge in [-0.15, -0.1) is 0 Å². The second-order valence-corrected chi connectivity index (χ2v) is 4.26. The molecular formula is C12H27NO. The molecule has 0 aliphatic rings. The smallest absolute Gasteiger partial charge is 0.0434 e. The molecule has 14 heavy (non-hydrogen) atoms. The van der Waals surface area contributed by atoms with E-state index in [9.17, 15) is 0 Å². The van der Waals surface area contributed by atoms with Crippen molar-refractivity contribution in [2.24, 2.45) is 5.92 Å². The van der Waals surface area contributed by atoms with Crippen LogP contribution in [0.3, 0.4) is 0 Å². The summed E-state index contributed by atoms with van der Waals surface area (Å²) in [4.78, 5) is 0. The van der Waals surface area contributed by atoms with E-state index in [2.05, 4.69) is 26.1 Å². The Kier molecular flexibility index (Phi) is 9.42. The van der Waals surface area contributed by atoms with Crippen LogP contribution in [0.4, 0.5) is 0 Å². The molecule has 0 aromatic heterocycles. The second kappa shape index (κ2) is 9.47. The minimum atomic E-state index is 0.328. The summed E-state index contributed by atoms with van der Waals surface area (Å²) in [5.41, 5.74) is 0. The van der Waals surface area contributed by atoms with Gasteiger partial charge < -0.3 is 10.4 Å². The second-order valence-electron chi connectivity index (χ2n) is 4.26. The van der Waals surface area contributed by atoms with Crippen molar-refractivity contribution in [1.29, 1.82) is 0 Å². The van der Waals surface area contributed by atoms with Gasteiger partial charge in [0.25, 0.3) is 0 Å². The molecule has 2 heteroatoms. The van der Waals surface area contributed by atoms with Crippen LogP contribution in [0.2, 0.25) is 0 Å². The fourth-order valence-corrected chi connectivity index (χ4v) is 1.84. The van der Waals surface area contributed by atoms with Gasteiger partial charge in [-0.3, -0.25) is 0 Å². The van der Waals surface area contributed by atoms with E-state index in [-0.39, 0.29) is 0 Å². The Balaban J connectivity index is 3.57. The van der Waals surface area contributed by atoms with Gasteiger partial charge in [0.15, 0.2) is 0 Å². The molecular weight excluding hydrogens is 174 g/mol. The summed E-state index contributed by atoms with van der Waals surface area (Å²) < 4.78 is 0. The van der Waals surface area contributed by atoms with Crippen molar-refractivity contribution < 1.29 is 5.11 Å². The van der Waals surface area contributed by atoms with Gasteiger partial charge in [0, 0.05) is 12.6 Å². The van der Waals surface area contributed by atoms with Crippen molar-refractivity contribution in [3.63, 3.8) is 0 Å². The van der Waals surface area contributed by atoms with E-state index in [0.717, 1.165) is 13.0 Å². The molecule has 0 aliphatic carbocycles. The molecule has 2 atom stereocenters. The van der Waals surface area contributed by atoms with Crippen molar-refractivity contribution >= 4 is 0 Å². The van der Waals surface area contributed by atoms with Crippen LogP contribution in [-0.2, 0) is 0 Å². The van der Waals surface area contributed by atoms with E-state index in [1.165, 1.54) is 25.7 Å². The predicted molar refractivity (Wildman–Crippen MR) is 62.5 cm³/mol. The molecule has 86 valence electrons. The lowest BCUT2D eigenvalue weighted by Gasteiger charge is -2.19. The van der Waals surface area contributed by atoms with E-state index >= 15 is 0 Å². The minimum Gasteiger partial charge on any atom is -0.396 e. The van der Waals surface area contributed by atoms with Gasteiger partial charge in [0.05, 0.1) is 0 Å². The SMILES string of the molecule is CCCC(CCO)CNC(C)CCC. The van der Waals surface area contributed by atoms with Crippen molar-refractivity contribution in [1.82, 2.24) is 5.32 Å².